The molecule has 4 nitrogen and oxygen atoms in total. The lowest BCUT2D eigenvalue weighted by atomic mass is 9.86. The van der Waals surface area contributed by atoms with E-state index in [-0.39, 0.29) is 0 Å². The first kappa shape index (κ1) is 14.9. The van der Waals surface area contributed by atoms with Crippen molar-refractivity contribution in [2.45, 2.75) is 39.7 Å². The highest BCUT2D eigenvalue weighted by Gasteiger charge is 2.39. The van der Waals surface area contributed by atoms with E-state index < -0.39 is 12.0 Å². The number of nitrogens with zero attached hydrogens (tertiary/aromatic N) is 2. The molecule has 122 valence electrons. The molecule has 4 rings (SSSR count). The maximum Gasteiger partial charge on any atom is 0.327 e. The molecule has 0 aliphatic carbocycles. The lowest BCUT2D eigenvalue weighted by Gasteiger charge is -2.39. The number of benzene rings is 1. The number of aliphatic carboxylic acids is 1. The third-order valence-corrected chi connectivity index (χ3v) is 5.22. The van der Waals surface area contributed by atoms with Crippen molar-refractivity contribution >= 4 is 11.5 Å². The molecule has 0 amide bonds. The van der Waals surface area contributed by atoms with Crippen LogP contribution in [-0.4, -0.2) is 22.0 Å². The molecule has 1 N–H and O–H groups in total. The minimum Gasteiger partial charge on any atom is -0.480 e. The Bertz CT molecular complexity index is 979. The average molecular weight is 320 g/mol. The van der Waals surface area contributed by atoms with Crippen LogP contribution in [-0.2, 0) is 4.79 Å². The monoisotopic (exact) mass is 320 g/mol. The molecule has 3 heterocycles. The van der Waals surface area contributed by atoms with Gasteiger partial charge in [-0.25, -0.2) is 9.79 Å². The summed E-state index contributed by atoms with van der Waals surface area (Å²) in [7, 11) is 0. The highest BCUT2D eigenvalue weighted by atomic mass is 16.4. The largest absolute Gasteiger partial charge is 0.480 e. The van der Waals surface area contributed by atoms with E-state index in [4.69, 9.17) is 4.99 Å². The number of hydrogen-bond acceptors (Lipinski definition) is 3. The minimum atomic E-state index is -0.791. The van der Waals surface area contributed by atoms with Crippen LogP contribution in [0.5, 0.6) is 0 Å². The zero-order valence-electron chi connectivity index (χ0n) is 14.1. The fourth-order valence-electron chi connectivity index (χ4n) is 4.12. The lowest BCUT2D eigenvalue weighted by molar-refractivity contribution is -0.141. The molecule has 24 heavy (non-hydrogen) atoms. The number of carboxylic acid groups (broad SMARTS) is 1. The molecule has 0 aromatic heterocycles. The zero-order valence-corrected chi connectivity index (χ0v) is 14.1. The topological polar surface area (TPSA) is 52.9 Å². The second-order valence-corrected chi connectivity index (χ2v) is 6.54. The number of allylic oxidation sites excluding steroid dienone is 4. The summed E-state index contributed by atoms with van der Waals surface area (Å²) in [4.78, 5) is 18.7. The summed E-state index contributed by atoms with van der Waals surface area (Å²) in [6, 6.07) is 7.42. The Kier molecular flexibility index (Phi) is 3.23. The number of para-hydroxylation sites is 1. The maximum absolute atomic E-state index is 11.9. The molecule has 0 spiro atoms. The van der Waals surface area contributed by atoms with E-state index in [1.807, 2.05) is 35.4 Å². The summed E-state index contributed by atoms with van der Waals surface area (Å²) in [6.07, 6.45) is 3.40. The smallest absolute Gasteiger partial charge is 0.327 e. The van der Waals surface area contributed by atoms with E-state index in [1.165, 1.54) is 5.57 Å². The summed E-state index contributed by atoms with van der Waals surface area (Å²) < 4.78 is 0. The molecule has 0 saturated heterocycles. The fraction of sp³-hybridized carbons (Fsp3) is 0.300. The summed E-state index contributed by atoms with van der Waals surface area (Å²) in [5.74, 6) is -0.791. The minimum absolute atomic E-state index is 0.479. The Morgan fingerprint density at radius 3 is 2.79 bits per heavy atom. The summed E-state index contributed by atoms with van der Waals surface area (Å²) in [5, 5.41) is 11.8. The van der Waals surface area contributed by atoms with E-state index in [1.54, 1.807) is 0 Å². The Labute approximate surface area is 140 Å². The van der Waals surface area contributed by atoms with Crippen molar-refractivity contribution in [2.24, 2.45) is 4.99 Å². The van der Waals surface area contributed by atoms with E-state index >= 15 is 0 Å². The normalized spacial score (nSPS) is 22.0. The number of carboxylic acids is 1. The lowest BCUT2D eigenvalue weighted by Crippen LogP contribution is -2.43. The second-order valence-electron chi connectivity index (χ2n) is 6.54. The average Bonchev–Trinajstić information content (AvgIpc) is 2.92. The van der Waals surface area contributed by atoms with Gasteiger partial charge in [0, 0.05) is 17.8 Å². The van der Waals surface area contributed by atoms with E-state index in [9.17, 15) is 9.90 Å². The third kappa shape index (κ3) is 1.92. The van der Waals surface area contributed by atoms with Crippen LogP contribution in [0.3, 0.4) is 0 Å². The van der Waals surface area contributed by atoms with Crippen LogP contribution in [0.4, 0.5) is 0 Å². The molecular formula is C20H20N2O2. The molecule has 3 aliphatic heterocycles. The number of carbonyl (C=O) groups is 1. The Morgan fingerprint density at radius 1 is 1.33 bits per heavy atom. The number of fused-ring (bicyclic) bond motifs is 3. The molecule has 0 bridgehead atoms. The van der Waals surface area contributed by atoms with Crippen LogP contribution >= 0.6 is 0 Å². The van der Waals surface area contributed by atoms with E-state index in [0.717, 1.165) is 45.1 Å². The molecule has 1 atom stereocenters. The third-order valence-electron chi connectivity index (χ3n) is 5.22. The quantitative estimate of drug-likeness (QED) is 0.911. The Morgan fingerprint density at radius 2 is 2.08 bits per heavy atom. The first-order valence-corrected chi connectivity index (χ1v) is 8.34. The Hall–Kier alpha value is -2.62. The summed E-state index contributed by atoms with van der Waals surface area (Å²) in [6.45, 7) is 6.28. The van der Waals surface area contributed by atoms with Crippen LogP contribution < -0.4 is 10.6 Å². The molecular weight excluding hydrogens is 300 g/mol. The van der Waals surface area contributed by atoms with Crippen molar-refractivity contribution in [1.29, 1.82) is 0 Å². The van der Waals surface area contributed by atoms with Gasteiger partial charge in [-0.1, -0.05) is 25.1 Å². The van der Waals surface area contributed by atoms with Crippen molar-refractivity contribution in [1.82, 2.24) is 4.90 Å². The maximum atomic E-state index is 11.9. The van der Waals surface area contributed by atoms with Crippen molar-refractivity contribution in [3.63, 3.8) is 0 Å². The van der Waals surface area contributed by atoms with Gasteiger partial charge in [-0.15, -0.1) is 0 Å². The van der Waals surface area contributed by atoms with Crippen LogP contribution in [0.25, 0.3) is 5.57 Å². The van der Waals surface area contributed by atoms with Gasteiger partial charge in [0.1, 0.15) is 6.04 Å². The molecule has 1 aromatic carbocycles. The predicted molar refractivity (Wildman–Crippen MR) is 92.3 cm³/mol. The second kappa shape index (κ2) is 5.20. The van der Waals surface area contributed by atoms with Gasteiger partial charge in [0.15, 0.2) is 0 Å². The molecule has 0 fully saturated rings. The van der Waals surface area contributed by atoms with Crippen molar-refractivity contribution in [3.8, 4) is 0 Å². The van der Waals surface area contributed by atoms with Crippen molar-refractivity contribution in [2.75, 3.05) is 0 Å². The van der Waals surface area contributed by atoms with Crippen molar-refractivity contribution < 1.29 is 9.90 Å². The van der Waals surface area contributed by atoms with Gasteiger partial charge in [-0.05, 0) is 48.6 Å². The first-order valence-electron chi connectivity index (χ1n) is 8.34. The first-order chi connectivity index (χ1) is 11.5. The van der Waals surface area contributed by atoms with Crippen LogP contribution in [0.1, 0.15) is 33.6 Å². The molecule has 0 saturated carbocycles. The van der Waals surface area contributed by atoms with E-state index in [0.29, 0.717) is 6.42 Å². The highest BCUT2D eigenvalue weighted by Crippen LogP contribution is 2.42. The van der Waals surface area contributed by atoms with Gasteiger partial charge in [0.2, 0.25) is 0 Å². The van der Waals surface area contributed by atoms with Crippen molar-refractivity contribution in [3.05, 3.63) is 69.2 Å². The van der Waals surface area contributed by atoms with Gasteiger partial charge in [0.25, 0.3) is 0 Å². The van der Waals surface area contributed by atoms with Gasteiger partial charge in [-0.2, -0.15) is 0 Å². The molecule has 3 aliphatic rings. The Balaban J connectivity index is 2.07. The van der Waals surface area contributed by atoms with Gasteiger partial charge in [-0.3, -0.25) is 0 Å². The molecule has 4 heteroatoms. The molecule has 1 unspecified atom stereocenters. The number of rotatable bonds is 2. The van der Waals surface area contributed by atoms with E-state index in [2.05, 4.69) is 20.8 Å². The highest BCUT2D eigenvalue weighted by molar-refractivity contribution is 5.83. The fourth-order valence-corrected chi connectivity index (χ4v) is 4.12. The van der Waals surface area contributed by atoms with Gasteiger partial charge in [0.05, 0.1) is 16.8 Å². The van der Waals surface area contributed by atoms with Crippen LogP contribution in [0, 0.1) is 0 Å². The zero-order chi connectivity index (χ0) is 17.0. The molecule has 1 aromatic rings. The predicted octanol–water partition coefficient (Wildman–Crippen LogP) is 2.48. The SMILES string of the molecule is CCC1=C(C)C2=C3N=c4ccccc4=C3CC(C(=O)O)N2C=C1C. The molecule has 0 radical (unpaired) electrons. The van der Waals surface area contributed by atoms with Crippen LogP contribution in [0.15, 0.2) is 63.6 Å². The summed E-state index contributed by atoms with van der Waals surface area (Å²) >= 11 is 0. The summed E-state index contributed by atoms with van der Waals surface area (Å²) in [5.41, 5.74) is 6.54. The van der Waals surface area contributed by atoms with Gasteiger partial charge < -0.3 is 10.0 Å². The van der Waals surface area contributed by atoms with Gasteiger partial charge >= 0.3 is 5.97 Å². The van der Waals surface area contributed by atoms with Crippen LogP contribution in [0.2, 0.25) is 0 Å². The number of hydrogen-bond donors (Lipinski definition) is 1. The standard InChI is InChI=1S/C20H20N2O2/c1-4-13-11(2)10-22-17(20(23)24)9-15-14-7-5-6-8-16(14)21-18(15)19(22)12(13)3/h5-8,10,17H,4,9H2,1-3H3,(H,23,24).